The number of benzene rings is 12. The number of anilines is 6. The van der Waals surface area contributed by atoms with Gasteiger partial charge in [0, 0.05) is 53.9 Å². The predicted octanol–water partition coefficient (Wildman–Crippen LogP) is 23.2. The fourth-order valence-corrected chi connectivity index (χ4v) is 14.1. The minimum Gasteiger partial charge on any atom is -0.454 e. The summed E-state index contributed by atoms with van der Waals surface area (Å²) in [4.78, 5) is 5.01. The molecule has 0 atom stereocenters. The second-order valence-corrected chi connectivity index (χ2v) is 23.8. The van der Waals surface area contributed by atoms with Gasteiger partial charge in [0.25, 0.3) is 0 Å². The molecule has 0 bridgehead atoms. The highest BCUT2D eigenvalue weighted by Crippen LogP contribution is 2.57. The second kappa shape index (κ2) is 17.5. The molecule has 0 aliphatic carbocycles. The molecule has 0 saturated heterocycles. The largest absolute Gasteiger partial charge is 0.454 e. The van der Waals surface area contributed by atoms with E-state index in [9.17, 15) is 0 Å². The lowest BCUT2D eigenvalue weighted by Crippen LogP contribution is -2.16. The van der Waals surface area contributed by atoms with Crippen molar-refractivity contribution in [2.24, 2.45) is 0 Å². The van der Waals surface area contributed by atoms with Crippen LogP contribution in [-0.4, -0.2) is 0 Å². The van der Waals surface area contributed by atoms with Gasteiger partial charge in [0.2, 0.25) is 0 Å². The summed E-state index contributed by atoms with van der Waals surface area (Å²) >= 11 is 0. The average molecular weight is 1070 g/mol. The third kappa shape index (κ3) is 6.63. The second-order valence-electron chi connectivity index (χ2n) is 23.8. The Morgan fingerprint density at radius 2 is 0.573 bits per heavy atom. The minimum absolute atomic E-state index is 0.157. The predicted molar refractivity (Wildman–Crippen MR) is 345 cm³/mol. The van der Waals surface area contributed by atoms with Crippen molar-refractivity contribution in [1.82, 2.24) is 0 Å². The molecule has 0 spiro atoms. The lowest BCUT2D eigenvalue weighted by molar-refractivity contribution is 0.663. The molecule has 0 aliphatic heterocycles. The van der Waals surface area contributed by atoms with Crippen LogP contribution in [0.5, 0.6) is 0 Å². The lowest BCUT2D eigenvalue weighted by atomic mass is 9.83. The monoisotopic (exact) mass is 1060 g/mol. The van der Waals surface area contributed by atoms with Gasteiger partial charge in [-0.1, -0.05) is 173 Å². The fourth-order valence-electron chi connectivity index (χ4n) is 14.1. The molecule has 16 aromatic rings. The molecule has 12 aromatic carbocycles. The normalized spacial score (nSPS) is 12.5. The van der Waals surface area contributed by atoms with Crippen molar-refractivity contribution in [2.45, 2.75) is 81.1 Å². The van der Waals surface area contributed by atoms with Gasteiger partial charge in [-0.25, -0.2) is 0 Å². The Morgan fingerprint density at radius 3 is 0.951 bits per heavy atom. The van der Waals surface area contributed by atoms with Gasteiger partial charge in [-0.15, -0.1) is 0 Å². The molecule has 398 valence electrons. The van der Waals surface area contributed by atoms with Crippen molar-refractivity contribution in [3.8, 4) is 0 Å². The van der Waals surface area contributed by atoms with Crippen molar-refractivity contribution < 1.29 is 17.7 Å². The molecule has 0 amide bonds. The van der Waals surface area contributed by atoms with E-state index in [2.05, 4.69) is 249 Å². The smallest absolute Gasteiger partial charge is 0.159 e. The van der Waals surface area contributed by atoms with Crippen LogP contribution in [0.1, 0.15) is 84.0 Å². The van der Waals surface area contributed by atoms with Crippen LogP contribution < -0.4 is 9.80 Å². The van der Waals surface area contributed by atoms with Gasteiger partial charge >= 0.3 is 0 Å². The number of para-hydroxylation sites is 4. The SMILES string of the molecule is Cc1ccc2c(oc3ccccc32)c1N(c1cc(C(C)C)c2ccc3c(N(c4c(C)ccc5c4oc4ccccc45)c4c(C)ccc5c4oc4c(C)cccc45)cc(C(C)C)c4ccc1c2c43)c1c(C)ccc2c1oc1c(C)cccc12. The molecule has 6 nitrogen and oxygen atoms in total. The number of fused-ring (bicyclic) bond motifs is 12. The van der Waals surface area contributed by atoms with E-state index in [1.54, 1.807) is 0 Å². The molecule has 0 aliphatic rings. The summed E-state index contributed by atoms with van der Waals surface area (Å²) in [6.45, 7) is 22.5. The van der Waals surface area contributed by atoms with E-state index in [0.29, 0.717) is 0 Å². The molecular formula is C76H60N2O4. The molecule has 0 saturated carbocycles. The minimum atomic E-state index is 0.157. The van der Waals surface area contributed by atoms with Crippen LogP contribution in [0.25, 0.3) is 120 Å². The first-order chi connectivity index (χ1) is 39.8. The Morgan fingerprint density at radius 1 is 0.268 bits per heavy atom. The van der Waals surface area contributed by atoms with Crippen molar-refractivity contribution in [2.75, 3.05) is 9.80 Å². The topological polar surface area (TPSA) is 59.0 Å². The Bertz CT molecular complexity index is 5050. The van der Waals surface area contributed by atoms with Crippen LogP contribution in [0.4, 0.5) is 34.1 Å². The molecular weight excluding hydrogens is 1000 g/mol. The average Bonchev–Trinajstić information content (AvgIpc) is 2.01. The van der Waals surface area contributed by atoms with E-state index in [1.165, 1.54) is 32.7 Å². The van der Waals surface area contributed by atoms with Gasteiger partial charge in [0.1, 0.15) is 22.3 Å². The van der Waals surface area contributed by atoms with Gasteiger partial charge < -0.3 is 27.5 Å². The Balaban J connectivity index is 1.08. The first kappa shape index (κ1) is 48.4. The standard InChI is InChI=1S/C76H60N2O4/c1-39(2)59-37-61(77(67-41(5)25-29-53-47-19-11-13-23-63(47)79-73(53)67)69-43(7)27-31-55-51-21-15-17-45(9)71(51)81-75(55)69)57-36-34-50-60(40(3)4)38-62(58-35-33-49(59)65(57)66(50)58)78(68-42(6)26-30-54-48-20-12-14-24-64(48)80-74(54)68)70-44(8)28-32-56-52-22-16-18-46(10)72(52)82-76(56)70/h11-40H,1-10H3. The summed E-state index contributed by atoms with van der Waals surface area (Å²) in [6.07, 6.45) is 0. The van der Waals surface area contributed by atoms with E-state index < -0.39 is 0 Å². The van der Waals surface area contributed by atoms with Gasteiger partial charge in [-0.05, 0) is 144 Å². The maximum atomic E-state index is 7.23. The summed E-state index contributed by atoms with van der Waals surface area (Å²) in [5.74, 6) is 0.314. The zero-order chi connectivity index (χ0) is 55.7. The van der Waals surface area contributed by atoms with Crippen LogP contribution >= 0.6 is 0 Å². The molecule has 0 N–H and O–H groups in total. The maximum Gasteiger partial charge on any atom is 0.159 e. The van der Waals surface area contributed by atoms with E-state index in [-0.39, 0.29) is 11.8 Å². The first-order valence-electron chi connectivity index (χ1n) is 28.9. The van der Waals surface area contributed by atoms with Crippen molar-refractivity contribution >= 4 is 154 Å². The summed E-state index contributed by atoms with van der Waals surface area (Å²) in [5, 5.41) is 15.8. The summed E-state index contributed by atoms with van der Waals surface area (Å²) in [7, 11) is 0. The maximum absolute atomic E-state index is 7.23. The van der Waals surface area contributed by atoms with Crippen LogP contribution in [-0.2, 0) is 0 Å². The lowest BCUT2D eigenvalue weighted by Gasteiger charge is -2.33. The third-order valence-electron chi connectivity index (χ3n) is 18.1. The highest BCUT2D eigenvalue weighted by Gasteiger charge is 2.33. The van der Waals surface area contributed by atoms with Gasteiger partial charge in [0.15, 0.2) is 22.3 Å². The zero-order valence-electron chi connectivity index (χ0n) is 47.8. The molecule has 4 heterocycles. The summed E-state index contributed by atoms with van der Waals surface area (Å²) < 4.78 is 28.7. The molecule has 4 aromatic heterocycles. The molecule has 16 rings (SSSR count). The van der Waals surface area contributed by atoms with Crippen LogP contribution in [0.3, 0.4) is 0 Å². The van der Waals surface area contributed by atoms with Crippen molar-refractivity contribution in [1.29, 1.82) is 0 Å². The van der Waals surface area contributed by atoms with Gasteiger partial charge in [0.05, 0.1) is 34.1 Å². The van der Waals surface area contributed by atoms with Crippen molar-refractivity contribution in [3.63, 3.8) is 0 Å². The summed E-state index contributed by atoms with van der Waals surface area (Å²) in [6, 6.07) is 62.3. The number of nitrogens with zero attached hydrogens (tertiary/aromatic N) is 2. The first-order valence-corrected chi connectivity index (χ1v) is 28.9. The Kier molecular flexibility index (Phi) is 10.3. The highest BCUT2D eigenvalue weighted by molar-refractivity contribution is 6.31. The van der Waals surface area contributed by atoms with Crippen molar-refractivity contribution in [3.05, 3.63) is 214 Å². The molecule has 82 heavy (non-hydrogen) atoms. The number of hydrogen-bond donors (Lipinski definition) is 0. The van der Waals surface area contributed by atoms with Gasteiger partial charge in [-0.3, -0.25) is 0 Å². The van der Waals surface area contributed by atoms with E-state index in [0.717, 1.165) is 166 Å². The summed E-state index contributed by atoms with van der Waals surface area (Å²) in [5.41, 5.74) is 22.0. The molecule has 6 heteroatoms. The number of rotatable bonds is 8. The van der Waals surface area contributed by atoms with Crippen LogP contribution in [0.2, 0.25) is 0 Å². The highest BCUT2D eigenvalue weighted by atomic mass is 16.3. The third-order valence-corrected chi connectivity index (χ3v) is 18.1. The van der Waals surface area contributed by atoms with E-state index in [1.807, 2.05) is 0 Å². The van der Waals surface area contributed by atoms with Crippen LogP contribution in [0.15, 0.2) is 188 Å². The molecule has 0 fully saturated rings. The molecule has 0 unspecified atom stereocenters. The number of hydrogen-bond acceptors (Lipinski definition) is 6. The van der Waals surface area contributed by atoms with Crippen LogP contribution in [0, 0.1) is 41.5 Å². The van der Waals surface area contributed by atoms with E-state index in [4.69, 9.17) is 17.7 Å². The van der Waals surface area contributed by atoms with E-state index >= 15 is 0 Å². The Labute approximate surface area is 474 Å². The Hall–Kier alpha value is -9.52. The molecule has 0 radical (unpaired) electrons. The zero-order valence-corrected chi connectivity index (χ0v) is 47.8. The van der Waals surface area contributed by atoms with Gasteiger partial charge in [-0.2, -0.15) is 0 Å². The fraction of sp³-hybridized carbons (Fsp3) is 0.158. The number of furan rings is 4. The number of aryl methyl sites for hydroxylation is 6. The quantitative estimate of drug-likeness (QED) is 0.141.